The third-order valence-corrected chi connectivity index (χ3v) is 6.99. The summed E-state index contributed by atoms with van der Waals surface area (Å²) in [6.07, 6.45) is 2.40. The van der Waals surface area contributed by atoms with E-state index in [1.54, 1.807) is 67.0 Å². The van der Waals surface area contributed by atoms with Crippen LogP contribution in [0.2, 0.25) is 0 Å². The van der Waals surface area contributed by atoms with Gasteiger partial charge in [-0.15, -0.1) is 0 Å². The first-order valence-corrected chi connectivity index (χ1v) is 10.4. The van der Waals surface area contributed by atoms with Crippen molar-refractivity contribution in [3.8, 4) is 5.75 Å². The van der Waals surface area contributed by atoms with Gasteiger partial charge in [-0.05, 0) is 35.7 Å². The molecular weight excluding hydrogens is 376 g/mol. The molecule has 0 fully saturated rings. The molecule has 2 atom stereocenters. The molecule has 0 spiro atoms. The molecule has 28 heavy (non-hydrogen) atoms. The molecule has 144 valence electrons. The monoisotopic (exact) mass is 396 g/mol. The number of phenolic OH excluding ortho intramolecular Hbond substituents is 1. The van der Waals surface area contributed by atoms with E-state index in [4.69, 9.17) is 0 Å². The molecule has 0 amide bonds. The van der Waals surface area contributed by atoms with E-state index in [0.29, 0.717) is 11.1 Å². The second kappa shape index (κ2) is 7.35. The van der Waals surface area contributed by atoms with Crippen molar-refractivity contribution >= 4 is 10.0 Å². The van der Waals surface area contributed by atoms with Crippen LogP contribution in [0.5, 0.6) is 5.75 Å². The highest BCUT2D eigenvalue weighted by atomic mass is 32.2. The fourth-order valence-electron chi connectivity index (χ4n) is 3.63. The summed E-state index contributed by atoms with van der Waals surface area (Å²) in [5, 5.41) is 21.2. The normalized spacial score (nSPS) is 21.2. The first kappa shape index (κ1) is 18.6. The Morgan fingerprint density at radius 3 is 2.50 bits per heavy atom. The van der Waals surface area contributed by atoms with Gasteiger partial charge >= 0.3 is 0 Å². The molecule has 4 rings (SSSR count). The molecule has 3 aromatic rings. The van der Waals surface area contributed by atoms with Crippen LogP contribution in [0, 0.1) is 0 Å². The predicted molar refractivity (Wildman–Crippen MR) is 104 cm³/mol. The number of aromatic nitrogens is 1. The van der Waals surface area contributed by atoms with Crippen LogP contribution in [-0.4, -0.2) is 34.0 Å². The number of phenols is 1. The van der Waals surface area contributed by atoms with Gasteiger partial charge in [-0.1, -0.05) is 42.5 Å². The molecule has 6 nitrogen and oxygen atoms in total. The zero-order chi connectivity index (χ0) is 19.7. The van der Waals surface area contributed by atoms with Gasteiger partial charge < -0.3 is 10.2 Å². The van der Waals surface area contributed by atoms with Gasteiger partial charge in [-0.2, -0.15) is 4.31 Å². The van der Waals surface area contributed by atoms with Crippen LogP contribution in [0.4, 0.5) is 0 Å². The van der Waals surface area contributed by atoms with Crippen LogP contribution in [0.25, 0.3) is 0 Å². The molecule has 0 radical (unpaired) electrons. The quantitative estimate of drug-likeness (QED) is 0.708. The molecule has 2 aromatic carbocycles. The van der Waals surface area contributed by atoms with Crippen molar-refractivity contribution in [2.45, 2.75) is 30.0 Å². The van der Waals surface area contributed by atoms with Crippen LogP contribution >= 0.6 is 0 Å². The topological polar surface area (TPSA) is 90.7 Å². The lowest BCUT2D eigenvalue weighted by Gasteiger charge is -2.39. The maximum absolute atomic E-state index is 13.4. The summed E-state index contributed by atoms with van der Waals surface area (Å²) in [4.78, 5) is 4.17. The van der Waals surface area contributed by atoms with Gasteiger partial charge in [0, 0.05) is 24.5 Å². The summed E-state index contributed by atoms with van der Waals surface area (Å²) in [6, 6.07) is 16.1. The summed E-state index contributed by atoms with van der Waals surface area (Å²) in [7, 11) is -3.83. The number of sulfonamides is 1. The highest BCUT2D eigenvalue weighted by molar-refractivity contribution is 7.89. The van der Waals surface area contributed by atoms with Crippen molar-refractivity contribution in [1.29, 1.82) is 0 Å². The maximum Gasteiger partial charge on any atom is 0.244 e. The van der Waals surface area contributed by atoms with Gasteiger partial charge in [0.25, 0.3) is 0 Å². The third kappa shape index (κ3) is 3.28. The van der Waals surface area contributed by atoms with Crippen LogP contribution in [-0.2, 0) is 23.0 Å². The smallest absolute Gasteiger partial charge is 0.244 e. The van der Waals surface area contributed by atoms with E-state index in [9.17, 15) is 18.6 Å². The minimum Gasteiger partial charge on any atom is -0.508 e. The molecule has 7 heteroatoms. The van der Waals surface area contributed by atoms with Crippen molar-refractivity contribution in [3.05, 3.63) is 89.7 Å². The van der Waals surface area contributed by atoms with Gasteiger partial charge in [0.15, 0.2) is 0 Å². The first-order valence-electron chi connectivity index (χ1n) is 8.93. The van der Waals surface area contributed by atoms with E-state index in [1.807, 2.05) is 0 Å². The number of para-hydroxylation sites is 1. The number of aliphatic hydroxyl groups excluding tert-OH is 1. The summed E-state index contributed by atoms with van der Waals surface area (Å²) < 4.78 is 28.1. The molecule has 0 unspecified atom stereocenters. The molecule has 1 aliphatic rings. The van der Waals surface area contributed by atoms with E-state index in [2.05, 4.69) is 4.98 Å². The molecule has 1 aromatic heterocycles. The largest absolute Gasteiger partial charge is 0.508 e. The minimum absolute atomic E-state index is 0.0762. The first-order chi connectivity index (χ1) is 13.5. The number of fused-ring (bicyclic) bond motifs is 1. The summed E-state index contributed by atoms with van der Waals surface area (Å²) in [5.41, 5.74) is 1.68. The molecule has 0 saturated carbocycles. The summed E-state index contributed by atoms with van der Waals surface area (Å²) >= 11 is 0. The number of pyridine rings is 1. The van der Waals surface area contributed by atoms with Crippen molar-refractivity contribution in [3.63, 3.8) is 0 Å². The van der Waals surface area contributed by atoms with Crippen molar-refractivity contribution < 1.29 is 18.6 Å². The average Bonchev–Trinajstić information content (AvgIpc) is 2.71. The number of aromatic hydroxyl groups is 1. The molecule has 1 aliphatic heterocycles. The Morgan fingerprint density at radius 1 is 1.00 bits per heavy atom. The average molecular weight is 396 g/mol. The van der Waals surface area contributed by atoms with Crippen LogP contribution in [0.1, 0.15) is 22.8 Å². The van der Waals surface area contributed by atoms with Gasteiger partial charge in [0.05, 0.1) is 17.0 Å². The van der Waals surface area contributed by atoms with Gasteiger partial charge in [0.1, 0.15) is 5.75 Å². The predicted octanol–water partition coefficient (Wildman–Crippen LogP) is 2.64. The SMILES string of the molecule is O=S1(=O)c2ccccc2[C@H](O)[C@@H](Cc2ccccc2O)N1Cc1cccnc1. The minimum atomic E-state index is -3.83. The maximum atomic E-state index is 13.4. The van der Waals surface area contributed by atoms with Crippen molar-refractivity contribution in [2.75, 3.05) is 0 Å². The molecule has 0 bridgehead atoms. The van der Waals surface area contributed by atoms with Crippen LogP contribution < -0.4 is 0 Å². The fourth-order valence-corrected chi connectivity index (χ4v) is 5.48. The zero-order valence-electron chi connectivity index (χ0n) is 15.0. The van der Waals surface area contributed by atoms with Gasteiger partial charge in [-0.25, -0.2) is 8.42 Å². The number of benzene rings is 2. The molecule has 2 heterocycles. The number of nitrogens with zero attached hydrogens (tertiary/aromatic N) is 2. The van der Waals surface area contributed by atoms with E-state index >= 15 is 0 Å². The second-order valence-electron chi connectivity index (χ2n) is 6.79. The van der Waals surface area contributed by atoms with E-state index in [-0.39, 0.29) is 23.6 Å². The Hall–Kier alpha value is -2.74. The number of hydrogen-bond acceptors (Lipinski definition) is 5. The Morgan fingerprint density at radius 2 is 1.75 bits per heavy atom. The lowest BCUT2D eigenvalue weighted by molar-refractivity contribution is 0.0766. The lowest BCUT2D eigenvalue weighted by Crippen LogP contribution is -2.48. The highest BCUT2D eigenvalue weighted by Crippen LogP contribution is 2.39. The number of rotatable bonds is 4. The van der Waals surface area contributed by atoms with E-state index < -0.39 is 22.2 Å². The van der Waals surface area contributed by atoms with E-state index in [1.165, 1.54) is 10.4 Å². The second-order valence-corrected chi connectivity index (χ2v) is 8.65. The molecule has 0 aliphatic carbocycles. The van der Waals surface area contributed by atoms with Crippen LogP contribution in [0.15, 0.2) is 78.0 Å². The Bertz CT molecular complexity index is 1090. The molecular formula is C21H20N2O4S. The number of aliphatic hydroxyl groups is 1. The Kier molecular flexibility index (Phi) is 4.89. The number of hydrogen-bond donors (Lipinski definition) is 2. The molecule has 2 N–H and O–H groups in total. The Labute approximate surface area is 163 Å². The van der Waals surface area contributed by atoms with Crippen molar-refractivity contribution in [2.24, 2.45) is 0 Å². The summed E-state index contributed by atoms with van der Waals surface area (Å²) in [6.45, 7) is 0.0832. The Balaban J connectivity index is 1.81. The lowest BCUT2D eigenvalue weighted by atomic mass is 9.95. The highest BCUT2D eigenvalue weighted by Gasteiger charge is 2.43. The van der Waals surface area contributed by atoms with E-state index in [0.717, 1.165) is 5.56 Å². The third-order valence-electron chi connectivity index (χ3n) is 5.04. The zero-order valence-corrected chi connectivity index (χ0v) is 15.8. The van der Waals surface area contributed by atoms with Crippen LogP contribution in [0.3, 0.4) is 0 Å². The standard InChI is InChI=1S/C21H20N2O4S/c24-19-9-3-1-7-16(19)12-18-21(25)17-8-2-4-10-20(17)28(26,27)23(18)14-15-6-5-11-22-13-15/h1-11,13,18,21,24-25H,12,14H2/t18-,21+/m1/s1. The van der Waals surface area contributed by atoms with Crippen molar-refractivity contribution in [1.82, 2.24) is 9.29 Å². The van der Waals surface area contributed by atoms with Gasteiger partial charge in [0.2, 0.25) is 10.0 Å². The molecule has 0 saturated heterocycles. The summed E-state index contributed by atoms with van der Waals surface area (Å²) in [5.74, 6) is 0.0762. The fraction of sp³-hybridized carbons (Fsp3) is 0.190. The van der Waals surface area contributed by atoms with Gasteiger partial charge in [-0.3, -0.25) is 4.98 Å².